The van der Waals surface area contributed by atoms with Crippen LogP contribution >= 0.6 is 23.1 Å². The molecule has 0 bridgehead atoms. The standard InChI is InChI=1S/C13H16N4O3S3/c1-4-21-13-16-15-12(22-13)14-11(18)9-5-6-10(8(2)7-9)17-23(3,19)20/h5-7,17H,4H2,1-3H3,(H,14,15,18). The summed E-state index contributed by atoms with van der Waals surface area (Å²) in [5.41, 5.74) is 1.52. The molecule has 124 valence electrons. The van der Waals surface area contributed by atoms with Crippen LogP contribution in [0.25, 0.3) is 0 Å². The van der Waals surface area contributed by atoms with Crippen LogP contribution in [0.2, 0.25) is 0 Å². The van der Waals surface area contributed by atoms with Crippen molar-refractivity contribution in [3.05, 3.63) is 29.3 Å². The van der Waals surface area contributed by atoms with Gasteiger partial charge < -0.3 is 0 Å². The summed E-state index contributed by atoms with van der Waals surface area (Å²) in [6, 6.07) is 4.73. The highest BCUT2D eigenvalue weighted by Gasteiger charge is 2.12. The van der Waals surface area contributed by atoms with Crippen molar-refractivity contribution >= 4 is 49.8 Å². The zero-order chi connectivity index (χ0) is 17.0. The summed E-state index contributed by atoms with van der Waals surface area (Å²) >= 11 is 2.87. The number of hydrogen-bond acceptors (Lipinski definition) is 7. The molecule has 2 aromatic rings. The summed E-state index contributed by atoms with van der Waals surface area (Å²) < 4.78 is 25.7. The molecule has 1 aromatic heterocycles. The molecule has 0 aliphatic carbocycles. The fourth-order valence-corrected chi connectivity index (χ4v) is 4.00. The van der Waals surface area contributed by atoms with Crippen LogP contribution in [0.3, 0.4) is 0 Å². The molecule has 1 aromatic carbocycles. The third kappa shape index (κ3) is 5.19. The maximum atomic E-state index is 12.2. The monoisotopic (exact) mass is 372 g/mol. The Morgan fingerprint density at radius 3 is 2.70 bits per heavy atom. The Labute approximate surface area is 143 Å². The van der Waals surface area contributed by atoms with E-state index in [1.54, 1.807) is 36.9 Å². The Bertz CT molecular complexity index is 818. The fourth-order valence-electron chi connectivity index (χ4n) is 1.73. The first-order valence-corrected chi connectivity index (χ1v) is 10.3. The van der Waals surface area contributed by atoms with Crippen LogP contribution in [0.4, 0.5) is 10.8 Å². The van der Waals surface area contributed by atoms with Crippen molar-refractivity contribution in [2.24, 2.45) is 0 Å². The summed E-state index contributed by atoms with van der Waals surface area (Å²) in [6.45, 7) is 3.74. The maximum absolute atomic E-state index is 12.2. The Morgan fingerprint density at radius 2 is 2.09 bits per heavy atom. The first-order chi connectivity index (χ1) is 10.8. The van der Waals surface area contributed by atoms with E-state index in [0.29, 0.717) is 21.9 Å². The highest BCUT2D eigenvalue weighted by molar-refractivity contribution is 8.01. The lowest BCUT2D eigenvalue weighted by Crippen LogP contribution is -2.14. The smallest absolute Gasteiger partial charge is 0.257 e. The van der Waals surface area contributed by atoms with Gasteiger partial charge in [-0.1, -0.05) is 30.0 Å². The molecule has 2 rings (SSSR count). The number of rotatable bonds is 6. The largest absolute Gasteiger partial charge is 0.296 e. The van der Waals surface area contributed by atoms with Gasteiger partial charge in [-0.05, 0) is 36.4 Å². The second kappa shape index (κ2) is 7.28. The maximum Gasteiger partial charge on any atom is 0.257 e. The van der Waals surface area contributed by atoms with Gasteiger partial charge in [0.25, 0.3) is 5.91 Å². The van der Waals surface area contributed by atoms with Crippen molar-refractivity contribution in [3.8, 4) is 0 Å². The molecule has 0 unspecified atom stereocenters. The van der Waals surface area contributed by atoms with E-state index < -0.39 is 10.0 Å². The minimum atomic E-state index is -3.35. The molecule has 1 amide bonds. The van der Waals surface area contributed by atoms with Crippen LogP contribution in [0, 0.1) is 6.92 Å². The van der Waals surface area contributed by atoms with E-state index >= 15 is 0 Å². The average molecular weight is 372 g/mol. The SMILES string of the molecule is CCSc1nnc(NC(=O)c2ccc(NS(C)(=O)=O)c(C)c2)s1. The summed E-state index contributed by atoms with van der Waals surface area (Å²) in [6.07, 6.45) is 1.08. The number of amides is 1. The van der Waals surface area contributed by atoms with Crippen LogP contribution in [-0.2, 0) is 10.0 Å². The molecule has 0 spiro atoms. The number of nitrogens with zero attached hydrogens (tertiary/aromatic N) is 2. The summed E-state index contributed by atoms with van der Waals surface area (Å²) in [4.78, 5) is 12.2. The van der Waals surface area contributed by atoms with E-state index in [-0.39, 0.29) is 5.91 Å². The van der Waals surface area contributed by atoms with Crippen LogP contribution in [0.15, 0.2) is 22.5 Å². The molecule has 0 atom stereocenters. The van der Waals surface area contributed by atoms with Gasteiger partial charge in [0.05, 0.1) is 11.9 Å². The Morgan fingerprint density at radius 1 is 1.35 bits per heavy atom. The van der Waals surface area contributed by atoms with Crippen LogP contribution in [0.5, 0.6) is 0 Å². The Hall–Kier alpha value is -1.65. The van der Waals surface area contributed by atoms with E-state index in [0.717, 1.165) is 16.3 Å². The van der Waals surface area contributed by atoms with Crippen LogP contribution < -0.4 is 10.0 Å². The van der Waals surface area contributed by atoms with Gasteiger partial charge in [-0.2, -0.15) is 0 Å². The molecule has 0 saturated carbocycles. The first kappa shape index (κ1) is 17.7. The third-order valence-electron chi connectivity index (χ3n) is 2.68. The zero-order valence-corrected chi connectivity index (χ0v) is 15.2. The van der Waals surface area contributed by atoms with Gasteiger partial charge in [0, 0.05) is 5.56 Å². The molecule has 0 aliphatic heterocycles. The molecule has 7 nitrogen and oxygen atoms in total. The van der Waals surface area contributed by atoms with Gasteiger partial charge in [0.15, 0.2) is 4.34 Å². The molecule has 0 aliphatic rings. The van der Waals surface area contributed by atoms with E-state index in [4.69, 9.17) is 0 Å². The van der Waals surface area contributed by atoms with Gasteiger partial charge in [-0.25, -0.2) is 8.42 Å². The average Bonchev–Trinajstić information content (AvgIpc) is 2.87. The van der Waals surface area contributed by atoms with Gasteiger partial charge in [-0.15, -0.1) is 10.2 Å². The first-order valence-electron chi connectivity index (χ1n) is 6.64. The Balaban J connectivity index is 2.11. The van der Waals surface area contributed by atoms with Crippen LogP contribution in [0.1, 0.15) is 22.8 Å². The molecule has 10 heteroatoms. The molecule has 1 heterocycles. The lowest BCUT2D eigenvalue weighted by Gasteiger charge is -2.09. The predicted octanol–water partition coefficient (Wildman–Crippen LogP) is 2.58. The van der Waals surface area contributed by atoms with Gasteiger partial charge in [0.2, 0.25) is 15.2 Å². The molecule has 0 saturated heterocycles. The Kier molecular flexibility index (Phi) is 5.60. The number of thioether (sulfide) groups is 1. The second-order valence-electron chi connectivity index (χ2n) is 4.66. The minimum Gasteiger partial charge on any atom is -0.296 e. The molecule has 0 radical (unpaired) electrons. The van der Waals surface area contributed by atoms with E-state index in [1.807, 2.05) is 6.92 Å². The number of aryl methyl sites for hydroxylation is 1. The minimum absolute atomic E-state index is 0.316. The number of carbonyl (C=O) groups excluding carboxylic acids is 1. The third-order valence-corrected chi connectivity index (χ3v) is 5.12. The fraction of sp³-hybridized carbons (Fsp3) is 0.308. The van der Waals surface area contributed by atoms with Crippen molar-refractivity contribution in [3.63, 3.8) is 0 Å². The zero-order valence-electron chi connectivity index (χ0n) is 12.8. The van der Waals surface area contributed by atoms with Crippen molar-refractivity contribution < 1.29 is 13.2 Å². The number of hydrogen-bond donors (Lipinski definition) is 2. The molecular formula is C13H16N4O3S3. The summed E-state index contributed by atoms with van der Waals surface area (Å²) in [5, 5.41) is 11.0. The normalized spacial score (nSPS) is 11.3. The van der Waals surface area contributed by atoms with Gasteiger partial charge >= 0.3 is 0 Å². The highest BCUT2D eigenvalue weighted by atomic mass is 32.2. The number of nitrogens with one attached hydrogen (secondary N) is 2. The lowest BCUT2D eigenvalue weighted by atomic mass is 10.1. The number of sulfonamides is 1. The number of carbonyl (C=O) groups is 1. The van der Waals surface area contributed by atoms with Crippen LogP contribution in [-0.4, -0.2) is 36.5 Å². The van der Waals surface area contributed by atoms with Crippen molar-refractivity contribution in [1.82, 2.24) is 10.2 Å². The van der Waals surface area contributed by atoms with Crippen molar-refractivity contribution in [2.45, 2.75) is 18.2 Å². The highest BCUT2D eigenvalue weighted by Crippen LogP contribution is 2.25. The predicted molar refractivity (Wildman–Crippen MR) is 93.9 cm³/mol. The van der Waals surface area contributed by atoms with Gasteiger partial charge in [-0.3, -0.25) is 14.8 Å². The van der Waals surface area contributed by atoms with E-state index in [9.17, 15) is 13.2 Å². The second-order valence-corrected chi connectivity index (χ2v) is 8.90. The van der Waals surface area contributed by atoms with Crippen molar-refractivity contribution in [1.29, 1.82) is 0 Å². The summed E-state index contributed by atoms with van der Waals surface area (Å²) in [5.74, 6) is 0.569. The molecule has 2 N–H and O–H groups in total. The lowest BCUT2D eigenvalue weighted by molar-refractivity contribution is 0.102. The van der Waals surface area contributed by atoms with E-state index in [1.165, 1.54) is 11.3 Å². The molecular weight excluding hydrogens is 356 g/mol. The van der Waals surface area contributed by atoms with E-state index in [2.05, 4.69) is 20.2 Å². The number of aromatic nitrogens is 2. The number of anilines is 2. The van der Waals surface area contributed by atoms with Gasteiger partial charge in [0.1, 0.15) is 0 Å². The molecule has 23 heavy (non-hydrogen) atoms. The molecule has 0 fully saturated rings. The topological polar surface area (TPSA) is 101 Å². The van der Waals surface area contributed by atoms with Crippen molar-refractivity contribution in [2.75, 3.05) is 22.0 Å². The number of benzene rings is 1. The quantitative estimate of drug-likeness (QED) is 0.597. The summed E-state index contributed by atoms with van der Waals surface area (Å²) in [7, 11) is -3.35.